The molecule has 0 spiro atoms. The van der Waals surface area contributed by atoms with E-state index in [9.17, 15) is 9.50 Å². The summed E-state index contributed by atoms with van der Waals surface area (Å²) in [5.41, 5.74) is 1.18. The highest BCUT2D eigenvalue weighted by Crippen LogP contribution is 2.48. The molecule has 24 heavy (non-hydrogen) atoms. The van der Waals surface area contributed by atoms with Gasteiger partial charge in [-0.25, -0.2) is 4.39 Å². The number of hydrogen-bond donors (Lipinski definition) is 1. The van der Waals surface area contributed by atoms with Crippen molar-refractivity contribution in [1.82, 2.24) is 4.90 Å². The average Bonchev–Trinajstić information content (AvgIpc) is 2.55. The quantitative estimate of drug-likeness (QED) is 0.759. The van der Waals surface area contributed by atoms with Gasteiger partial charge >= 0.3 is 0 Å². The number of phenols is 1. The Balaban J connectivity index is 0.00000208. The van der Waals surface area contributed by atoms with Crippen molar-refractivity contribution >= 4 is 17.0 Å². The van der Waals surface area contributed by atoms with Crippen LogP contribution in [0.5, 0.6) is 5.75 Å². The lowest BCUT2D eigenvalue weighted by molar-refractivity contribution is 0.430. The van der Waals surface area contributed by atoms with Crippen LogP contribution in [0.15, 0.2) is 79.1 Å². The lowest BCUT2D eigenvalue weighted by Gasteiger charge is -2.40. The Kier molecular flexibility index (Phi) is 5.50. The van der Waals surface area contributed by atoms with Gasteiger partial charge in [0.2, 0.25) is 0 Å². The van der Waals surface area contributed by atoms with Crippen molar-refractivity contribution in [2.75, 3.05) is 13.6 Å². The van der Waals surface area contributed by atoms with Gasteiger partial charge in [0.25, 0.3) is 0 Å². The molecular formula is C20H21BrFNO. The molecule has 1 heterocycles. The number of allylic oxidation sites excluding steroid dienone is 7. The molecule has 4 heteroatoms. The summed E-state index contributed by atoms with van der Waals surface area (Å²) in [6.07, 6.45) is 16.1. The maximum absolute atomic E-state index is 13.5. The molecule has 0 saturated carbocycles. The number of nitrogens with zero attached hydrogens (tertiary/aromatic N) is 1. The van der Waals surface area contributed by atoms with Crippen LogP contribution in [0.1, 0.15) is 5.56 Å². The zero-order valence-electron chi connectivity index (χ0n) is 13.5. The van der Waals surface area contributed by atoms with E-state index in [0.717, 1.165) is 12.1 Å². The van der Waals surface area contributed by atoms with Gasteiger partial charge in [0, 0.05) is 31.1 Å². The molecule has 1 aliphatic heterocycles. The van der Waals surface area contributed by atoms with Crippen LogP contribution in [-0.4, -0.2) is 23.6 Å². The van der Waals surface area contributed by atoms with Gasteiger partial charge in [0.15, 0.2) is 0 Å². The fourth-order valence-corrected chi connectivity index (χ4v) is 3.37. The predicted octanol–water partition coefficient (Wildman–Crippen LogP) is 4.66. The number of halogens is 2. The van der Waals surface area contributed by atoms with Gasteiger partial charge in [-0.3, -0.25) is 0 Å². The van der Waals surface area contributed by atoms with Crippen LogP contribution in [0.25, 0.3) is 0 Å². The second-order valence-corrected chi connectivity index (χ2v) is 5.95. The third-order valence-electron chi connectivity index (χ3n) is 4.56. The van der Waals surface area contributed by atoms with Gasteiger partial charge < -0.3 is 10.0 Å². The highest BCUT2D eigenvalue weighted by Gasteiger charge is 2.41. The van der Waals surface area contributed by atoms with Crippen molar-refractivity contribution in [3.05, 3.63) is 90.5 Å². The van der Waals surface area contributed by atoms with Gasteiger partial charge in [-0.15, -0.1) is 23.6 Å². The van der Waals surface area contributed by atoms with E-state index in [4.69, 9.17) is 0 Å². The van der Waals surface area contributed by atoms with E-state index in [-0.39, 0.29) is 28.6 Å². The number of aromatic hydroxyl groups is 1. The summed E-state index contributed by atoms with van der Waals surface area (Å²) in [6, 6.07) is 4.22. The molecule has 0 amide bonds. The summed E-state index contributed by atoms with van der Waals surface area (Å²) in [6.45, 7) is 4.75. The van der Waals surface area contributed by atoms with E-state index in [1.807, 2.05) is 37.6 Å². The molecule has 1 N–H and O–H groups in total. The van der Waals surface area contributed by atoms with Crippen molar-refractivity contribution in [2.45, 2.75) is 5.41 Å². The monoisotopic (exact) mass is 389 g/mol. The first kappa shape index (κ1) is 18.3. The van der Waals surface area contributed by atoms with Gasteiger partial charge in [-0.1, -0.05) is 42.5 Å². The van der Waals surface area contributed by atoms with Crippen molar-refractivity contribution in [1.29, 1.82) is 0 Å². The van der Waals surface area contributed by atoms with Crippen LogP contribution in [0.2, 0.25) is 0 Å². The molecule has 1 aromatic carbocycles. The molecule has 3 rings (SSSR count). The summed E-state index contributed by atoms with van der Waals surface area (Å²) in [5.74, 6) is -0.507. The van der Waals surface area contributed by atoms with E-state index in [1.54, 1.807) is 6.07 Å². The van der Waals surface area contributed by atoms with Gasteiger partial charge in [0.05, 0.1) is 5.41 Å². The molecule has 0 fully saturated rings. The normalized spacial score (nSPS) is 25.2. The van der Waals surface area contributed by atoms with Crippen LogP contribution in [0.4, 0.5) is 4.39 Å². The first-order chi connectivity index (χ1) is 11.1. The number of benzene rings is 1. The molecule has 2 unspecified atom stereocenters. The molecule has 0 radical (unpaired) electrons. The standard InChI is InChI=1S/C20H20FNO.BrH/c1-3-15-6-4-5-11-20(15,16-9-12-22(2)13-10-16)18-8-7-17(21)14-19(18)23;/h3-12,14-15,23H,1,13H2,2H3;1H. The van der Waals surface area contributed by atoms with E-state index < -0.39 is 11.2 Å². The summed E-state index contributed by atoms with van der Waals surface area (Å²) in [5, 5.41) is 10.4. The fraction of sp³-hybridized carbons (Fsp3) is 0.200. The Morgan fingerprint density at radius 2 is 2.17 bits per heavy atom. The molecule has 0 aromatic heterocycles. The van der Waals surface area contributed by atoms with Gasteiger partial charge in [-0.05, 0) is 23.9 Å². The third-order valence-corrected chi connectivity index (χ3v) is 4.56. The van der Waals surface area contributed by atoms with E-state index in [0.29, 0.717) is 5.56 Å². The summed E-state index contributed by atoms with van der Waals surface area (Å²) in [4.78, 5) is 2.08. The summed E-state index contributed by atoms with van der Waals surface area (Å²) >= 11 is 0. The lowest BCUT2D eigenvalue weighted by atomic mass is 9.63. The van der Waals surface area contributed by atoms with Gasteiger partial charge in [-0.2, -0.15) is 0 Å². The van der Waals surface area contributed by atoms with Crippen LogP contribution in [0.3, 0.4) is 0 Å². The maximum Gasteiger partial charge on any atom is 0.126 e. The van der Waals surface area contributed by atoms with Gasteiger partial charge in [0.1, 0.15) is 11.6 Å². The molecule has 2 atom stereocenters. The van der Waals surface area contributed by atoms with Crippen molar-refractivity contribution in [2.24, 2.45) is 5.92 Å². The molecule has 0 bridgehead atoms. The Labute approximate surface area is 152 Å². The second kappa shape index (κ2) is 7.22. The highest BCUT2D eigenvalue weighted by atomic mass is 79.9. The largest absolute Gasteiger partial charge is 0.508 e. The number of rotatable bonds is 3. The second-order valence-electron chi connectivity index (χ2n) is 5.95. The minimum atomic E-state index is -0.577. The molecule has 1 aliphatic carbocycles. The molecule has 2 aliphatic rings. The number of phenolic OH excluding ortho intramolecular Hbond substituents is 1. The zero-order chi connectivity index (χ0) is 16.4. The van der Waals surface area contributed by atoms with Crippen LogP contribution < -0.4 is 0 Å². The fourth-order valence-electron chi connectivity index (χ4n) is 3.37. The SMILES string of the molecule is Br.C=CC1C=CC=CC1(C1=CCN(C)C=C1)c1ccc(F)cc1O. The Bertz CT molecular complexity index is 750. The first-order valence-electron chi connectivity index (χ1n) is 7.64. The number of likely N-dealkylation sites (N-methyl/N-ethyl adjacent to an activating group) is 1. The molecule has 2 nitrogen and oxygen atoms in total. The van der Waals surface area contributed by atoms with Crippen molar-refractivity contribution < 1.29 is 9.50 Å². The molecule has 126 valence electrons. The first-order valence-corrected chi connectivity index (χ1v) is 7.64. The molecule has 0 saturated heterocycles. The van der Waals surface area contributed by atoms with Crippen molar-refractivity contribution in [3.63, 3.8) is 0 Å². The lowest BCUT2D eigenvalue weighted by Crippen LogP contribution is -2.36. The smallest absolute Gasteiger partial charge is 0.126 e. The van der Waals surface area contributed by atoms with Crippen LogP contribution in [0, 0.1) is 11.7 Å². The predicted molar refractivity (Wildman–Crippen MR) is 102 cm³/mol. The van der Waals surface area contributed by atoms with Crippen LogP contribution >= 0.6 is 17.0 Å². The van der Waals surface area contributed by atoms with E-state index in [2.05, 4.69) is 29.7 Å². The summed E-state index contributed by atoms with van der Waals surface area (Å²) in [7, 11) is 2.01. The minimum absolute atomic E-state index is 0. The Morgan fingerprint density at radius 3 is 2.79 bits per heavy atom. The van der Waals surface area contributed by atoms with E-state index >= 15 is 0 Å². The Hall–Kier alpha value is -2.07. The maximum atomic E-state index is 13.5. The molecular weight excluding hydrogens is 369 g/mol. The average molecular weight is 390 g/mol. The minimum Gasteiger partial charge on any atom is -0.508 e. The third kappa shape index (κ3) is 2.98. The zero-order valence-corrected chi connectivity index (χ0v) is 15.2. The number of hydrogen-bond acceptors (Lipinski definition) is 2. The Morgan fingerprint density at radius 1 is 1.38 bits per heavy atom. The topological polar surface area (TPSA) is 23.5 Å². The van der Waals surface area contributed by atoms with E-state index in [1.165, 1.54) is 12.1 Å². The molecule has 1 aromatic rings. The highest BCUT2D eigenvalue weighted by molar-refractivity contribution is 8.93. The van der Waals surface area contributed by atoms with Crippen LogP contribution in [-0.2, 0) is 5.41 Å². The summed E-state index contributed by atoms with van der Waals surface area (Å²) < 4.78 is 13.5. The van der Waals surface area contributed by atoms with Crippen molar-refractivity contribution in [3.8, 4) is 5.75 Å².